The maximum atomic E-state index is 12.3. The fraction of sp³-hybridized carbons (Fsp3) is 0.0833. The van der Waals surface area contributed by atoms with Gasteiger partial charge in [-0.1, -0.05) is 0 Å². The van der Waals surface area contributed by atoms with Gasteiger partial charge in [-0.25, -0.2) is 9.97 Å². The first-order valence-corrected chi connectivity index (χ1v) is 5.36. The summed E-state index contributed by atoms with van der Waals surface area (Å²) in [4.78, 5) is 23.7. The fourth-order valence-corrected chi connectivity index (χ4v) is 1.29. The quantitative estimate of drug-likeness (QED) is 0.877. The summed E-state index contributed by atoms with van der Waals surface area (Å²) in [5.74, 6) is -0.534. The zero-order valence-electron chi connectivity index (χ0n) is 9.89. The molecule has 1 aromatic carbocycles. The molecule has 0 unspecified atom stereocenters. The Labute approximate surface area is 111 Å². The maximum Gasteiger partial charge on any atom is 0.416 e. The molecule has 0 atom stereocenters. The van der Waals surface area contributed by atoms with Crippen LogP contribution in [0.25, 0.3) is 0 Å². The monoisotopic (exact) mass is 283 g/mol. The second kappa shape index (κ2) is 5.55. The minimum absolute atomic E-state index is 0.0724. The third kappa shape index (κ3) is 3.44. The van der Waals surface area contributed by atoms with Gasteiger partial charge in [0.15, 0.2) is 5.75 Å². The SMILES string of the molecule is O=C(NOc1ccc(C(F)(F)F)cc1)c1cncnc1. The van der Waals surface area contributed by atoms with Gasteiger partial charge in [0, 0.05) is 12.4 Å². The summed E-state index contributed by atoms with van der Waals surface area (Å²) in [6.07, 6.45) is -0.604. The number of hydrogen-bond donors (Lipinski definition) is 1. The molecule has 1 N–H and O–H groups in total. The molecular weight excluding hydrogens is 275 g/mol. The van der Waals surface area contributed by atoms with Crippen LogP contribution in [0.4, 0.5) is 13.2 Å². The van der Waals surface area contributed by atoms with Crippen LogP contribution in [-0.4, -0.2) is 15.9 Å². The second-order valence-corrected chi connectivity index (χ2v) is 3.68. The fourth-order valence-electron chi connectivity index (χ4n) is 1.29. The van der Waals surface area contributed by atoms with E-state index in [2.05, 4.69) is 15.4 Å². The normalized spacial score (nSPS) is 10.9. The van der Waals surface area contributed by atoms with Crippen molar-refractivity contribution in [2.75, 3.05) is 0 Å². The number of carbonyl (C=O) groups excluding carboxylic acids is 1. The van der Waals surface area contributed by atoms with Crippen molar-refractivity contribution >= 4 is 5.91 Å². The van der Waals surface area contributed by atoms with E-state index in [0.29, 0.717) is 0 Å². The van der Waals surface area contributed by atoms with Gasteiger partial charge in [0.1, 0.15) is 6.33 Å². The van der Waals surface area contributed by atoms with E-state index in [1.807, 2.05) is 0 Å². The summed E-state index contributed by atoms with van der Waals surface area (Å²) in [7, 11) is 0. The van der Waals surface area contributed by atoms with Gasteiger partial charge in [-0.2, -0.15) is 18.7 Å². The van der Waals surface area contributed by atoms with E-state index in [9.17, 15) is 18.0 Å². The Balaban J connectivity index is 1.96. The summed E-state index contributed by atoms with van der Waals surface area (Å²) in [6, 6.07) is 3.91. The molecule has 0 saturated heterocycles. The first-order chi connectivity index (χ1) is 9.47. The summed E-state index contributed by atoms with van der Waals surface area (Å²) in [5.41, 5.74) is 1.44. The molecule has 8 heteroatoms. The summed E-state index contributed by atoms with van der Waals surface area (Å²) >= 11 is 0. The van der Waals surface area contributed by atoms with E-state index in [-0.39, 0.29) is 11.3 Å². The Hall–Kier alpha value is -2.64. The van der Waals surface area contributed by atoms with Crippen LogP contribution >= 0.6 is 0 Å². The number of nitrogens with zero attached hydrogens (tertiary/aromatic N) is 2. The first kappa shape index (κ1) is 13.8. The molecule has 5 nitrogen and oxygen atoms in total. The number of aromatic nitrogens is 2. The van der Waals surface area contributed by atoms with Gasteiger partial charge < -0.3 is 4.84 Å². The molecule has 0 aliphatic rings. The van der Waals surface area contributed by atoms with E-state index < -0.39 is 17.6 Å². The minimum Gasteiger partial charge on any atom is -0.379 e. The minimum atomic E-state index is -4.41. The number of benzene rings is 1. The smallest absolute Gasteiger partial charge is 0.379 e. The molecule has 20 heavy (non-hydrogen) atoms. The lowest BCUT2D eigenvalue weighted by Crippen LogP contribution is -2.27. The van der Waals surface area contributed by atoms with Crippen LogP contribution in [0.5, 0.6) is 5.75 Å². The highest BCUT2D eigenvalue weighted by Crippen LogP contribution is 2.30. The molecule has 0 saturated carbocycles. The number of carbonyl (C=O) groups is 1. The standard InChI is InChI=1S/C12H8F3N3O2/c13-12(14,15)9-1-3-10(4-2-9)20-18-11(19)8-5-16-7-17-6-8/h1-7H,(H,18,19). The van der Waals surface area contributed by atoms with Gasteiger partial charge in [0.2, 0.25) is 0 Å². The van der Waals surface area contributed by atoms with Gasteiger partial charge in [0.25, 0.3) is 5.91 Å². The van der Waals surface area contributed by atoms with Crippen molar-refractivity contribution in [2.24, 2.45) is 0 Å². The molecule has 0 aliphatic carbocycles. The van der Waals surface area contributed by atoms with Gasteiger partial charge in [0.05, 0.1) is 11.1 Å². The molecule has 0 aliphatic heterocycles. The number of nitrogens with one attached hydrogen (secondary N) is 1. The average Bonchev–Trinajstić information content (AvgIpc) is 2.45. The van der Waals surface area contributed by atoms with Crippen LogP contribution in [0.15, 0.2) is 43.0 Å². The topological polar surface area (TPSA) is 64.1 Å². The molecule has 1 aromatic heterocycles. The molecule has 2 rings (SSSR count). The van der Waals surface area contributed by atoms with Crippen molar-refractivity contribution < 1.29 is 22.8 Å². The van der Waals surface area contributed by atoms with Gasteiger partial charge in [-0.05, 0) is 24.3 Å². The second-order valence-electron chi connectivity index (χ2n) is 3.68. The summed E-state index contributed by atoms with van der Waals surface area (Å²) in [6.45, 7) is 0. The van der Waals surface area contributed by atoms with Crippen LogP contribution < -0.4 is 10.3 Å². The van der Waals surface area contributed by atoms with Crippen molar-refractivity contribution in [1.29, 1.82) is 0 Å². The molecule has 104 valence electrons. The third-order valence-electron chi connectivity index (χ3n) is 2.27. The number of hydrogen-bond acceptors (Lipinski definition) is 4. The molecule has 0 spiro atoms. The van der Waals surface area contributed by atoms with Crippen LogP contribution in [0.2, 0.25) is 0 Å². The van der Waals surface area contributed by atoms with Crippen LogP contribution in [0.1, 0.15) is 15.9 Å². The van der Waals surface area contributed by atoms with Crippen LogP contribution in [-0.2, 0) is 6.18 Å². The van der Waals surface area contributed by atoms with E-state index in [0.717, 1.165) is 24.3 Å². The van der Waals surface area contributed by atoms with Crippen LogP contribution in [0.3, 0.4) is 0 Å². The Bertz CT molecular complexity index is 585. The van der Waals surface area contributed by atoms with Gasteiger partial charge >= 0.3 is 6.18 Å². The number of rotatable bonds is 3. The van der Waals surface area contributed by atoms with Crippen molar-refractivity contribution in [2.45, 2.75) is 6.18 Å². The summed E-state index contributed by atoms with van der Waals surface area (Å²) < 4.78 is 37.0. The number of amides is 1. The largest absolute Gasteiger partial charge is 0.416 e. The van der Waals surface area contributed by atoms with E-state index in [1.54, 1.807) is 0 Å². The highest BCUT2D eigenvalue weighted by molar-refractivity contribution is 5.92. The lowest BCUT2D eigenvalue weighted by molar-refractivity contribution is -0.137. The number of alkyl halides is 3. The van der Waals surface area contributed by atoms with E-state index in [4.69, 9.17) is 4.84 Å². The lowest BCUT2D eigenvalue weighted by Gasteiger charge is -2.09. The van der Waals surface area contributed by atoms with Gasteiger partial charge in [-0.15, -0.1) is 0 Å². The lowest BCUT2D eigenvalue weighted by atomic mass is 10.2. The molecule has 0 bridgehead atoms. The Morgan fingerprint density at radius 2 is 1.70 bits per heavy atom. The summed E-state index contributed by atoms with van der Waals surface area (Å²) in [5, 5.41) is 0. The average molecular weight is 283 g/mol. The zero-order chi connectivity index (χ0) is 14.6. The van der Waals surface area contributed by atoms with E-state index in [1.165, 1.54) is 18.7 Å². The van der Waals surface area contributed by atoms with Crippen molar-refractivity contribution in [3.63, 3.8) is 0 Å². The molecular formula is C12H8F3N3O2. The molecule has 0 fully saturated rings. The Kier molecular flexibility index (Phi) is 3.83. The number of hydroxylamine groups is 1. The molecule has 2 aromatic rings. The maximum absolute atomic E-state index is 12.3. The Morgan fingerprint density at radius 3 is 2.25 bits per heavy atom. The molecule has 0 radical (unpaired) electrons. The van der Waals surface area contributed by atoms with Crippen molar-refractivity contribution in [1.82, 2.24) is 15.4 Å². The van der Waals surface area contributed by atoms with Crippen molar-refractivity contribution in [3.8, 4) is 5.75 Å². The predicted molar refractivity (Wildman–Crippen MR) is 61.6 cm³/mol. The highest BCUT2D eigenvalue weighted by Gasteiger charge is 2.30. The zero-order valence-corrected chi connectivity index (χ0v) is 9.89. The third-order valence-corrected chi connectivity index (χ3v) is 2.27. The number of halogens is 3. The molecule has 1 amide bonds. The Morgan fingerprint density at radius 1 is 1.10 bits per heavy atom. The van der Waals surface area contributed by atoms with Crippen molar-refractivity contribution in [3.05, 3.63) is 54.1 Å². The van der Waals surface area contributed by atoms with E-state index >= 15 is 0 Å². The molecule has 1 heterocycles. The van der Waals surface area contributed by atoms with Crippen LogP contribution in [0, 0.1) is 0 Å². The predicted octanol–water partition coefficient (Wildman–Crippen LogP) is 2.22. The highest BCUT2D eigenvalue weighted by atomic mass is 19.4. The first-order valence-electron chi connectivity index (χ1n) is 5.36. The van der Waals surface area contributed by atoms with Gasteiger partial charge in [-0.3, -0.25) is 4.79 Å².